The van der Waals surface area contributed by atoms with Gasteiger partial charge in [-0.05, 0) is 18.6 Å². The fraction of sp³-hybridized carbons (Fsp3) is 0.364. The standard InChI is InChI=1S/C11H14N2O3S/c1-3-11(8-12)17(14,15)13-9-5-4-6-10(7-9)16-2/h4-7,11,13H,3H2,1-2H3. The molecule has 1 aromatic carbocycles. The second kappa shape index (κ2) is 5.55. The van der Waals surface area contributed by atoms with Gasteiger partial charge < -0.3 is 4.74 Å². The van der Waals surface area contributed by atoms with Gasteiger partial charge in [-0.3, -0.25) is 4.72 Å². The van der Waals surface area contributed by atoms with Crippen molar-refractivity contribution >= 4 is 15.7 Å². The summed E-state index contributed by atoms with van der Waals surface area (Å²) >= 11 is 0. The molecule has 0 saturated carbocycles. The van der Waals surface area contributed by atoms with Crippen molar-refractivity contribution in [3.05, 3.63) is 24.3 Å². The van der Waals surface area contributed by atoms with Gasteiger partial charge in [-0.15, -0.1) is 0 Å². The van der Waals surface area contributed by atoms with Gasteiger partial charge in [0.25, 0.3) is 0 Å². The lowest BCUT2D eigenvalue weighted by Crippen LogP contribution is -2.25. The summed E-state index contributed by atoms with van der Waals surface area (Å²) in [6.45, 7) is 1.65. The molecule has 0 aliphatic heterocycles. The van der Waals surface area contributed by atoms with E-state index in [1.807, 2.05) is 0 Å². The molecule has 0 aliphatic carbocycles. The van der Waals surface area contributed by atoms with Crippen LogP contribution >= 0.6 is 0 Å². The van der Waals surface area contributed by atoms with Crippen LogP contribution in [0.4, 0.5) is 5.69 Å². The van der Waals surface area contributed by atoms with Gasteiger partial charge in [0.1, 0.15) is 5.75 Å². The average Bonchev–Trinajstić information content (AvgIpc) is 2.29. The lowest BCUT2D eigenvalue weighted by Gasteiger charge is -2.11. The molecule has 0 fully saturated rings. The van der Waals surface area contributed by atoms with Gasteiger partial charge in [0, 0.05) is 6.07 Å². The summed E-state index contributed by atoms with van der Waals surface area (Å²) in [6, 6.07) is 8.30. The molecule has 0 amide bonds. The molecular formula is C11H14N2O3S. The summed E-state index contributed by atoms with van der Waals surface area (Å²) in [5, 5.41) is 7.70. The summed E-state index contributed by atoms with van der Waals surface area (Å²) in [4.78, 5) is 0. The Morgan fingerprint density at radius 2 is 2.24 bits per heavy atom. The predicted octanol–water partition coefficient (Wildman–Crippen LogP) is 1.74. The van der Waals surface area contributed by atoms with E-state index in [-0.39, 0.29) is 6.42 Å². The van der Waals surface area contributed by atoms with Crippen molar-refractivity contribution < 1.29 is 13.2 Å². The minimum atomic E-state index is -3.67. The number of benzene rings is 1. The van der Waals surface area contributed by atoms with E-state index in [0.717, 1.165) is 0 Å². The van der Waals surface area contributed by atoms with Gasteiger partial charge in [-0.1, -0.05) is 13.0 Å². The van der Waals surface area contributed by atoms with Crippen molar-refractivity contribution in [3.8, 4) is 11.8 Å². The molecule has 1 N–H and O–H groups in total. The van der Waals surface area contributed by atoms with Crippen molar-refractivity contribution in [1.82, 2.24) is 0 Å². The number of nitriles is 1. The highest BCUT2D eigenvalue weighted by atomic mass is 32.2. The number of sulfonamides is 1. The summed E-state index contributed by atoms with van der Waals surface area (Å²) in [5.41, 5.74) is 0.387. The highest BCUT2D eigenvalue weighted by Crippen LogP contribution is 2.19. The van der Waals surface area contributed by atoms with Crippen molar-refractivity contribution in [2.45, 2.75) is 18.6 Å². The smallest absolute Gasteiger partial charge is 0.249 e. The van der Waals surface area contributed by atoms with Crippen LogP contribution in [-0.2, 0) is 10.0 Å². The molecule has 1 unspecified atom stereocenters. The van der Waals surface area contributed by atoms with Crippen molar-refractivity contribution in [1.29, 1.82) is 5.26 Å². The number of methoxy groups -OCH3 is 1. The zero-order valence-corrected chi connectivity index (χ0v) is 10.5. The number of ether oxygens (including phenoxy) is 1. The molecule has 1 aromatic rings. The highest BCUT2D eigenvalue weighted by Gasteiger charge is 2.23. The average molecular weight is 254 g/mol. The first-order chi connectivity index (χ1) is 8.03. The van der Waals surface area contributed by atoms with Crippen LogP contribution in [0.2, 0.25) is 0 Å². The highest BCUT2D eigenvalue weighted by molar-refractivity contribution is 7.93. The predicted molar refractivity (Wildman–Crippen MR) is 65.2 cm³/mol. The van der Waals surface area contributed by atoms with Gasteiger partial charge in [0.05, 0.1) is 18.9 Å². The van der Waals surface area contributed by atoms with E-state index in [9.17, 15) is 8.42 Å². The molecule has 0 aliphatic rings. The van der Waals surface area contributed by atoms with E-state index >= 15 is 0 Å². The molecule has 92 valence electrons. The van der Waals surface area contributed by atoms with E-state index in [0.29, 0.717) is 11.4 Å². The van der Waals surface area contributed by atoms with Crippen LogP contribution in [0.3, 0.4) is 0 Å². The first-order valence-electron chi connectivity index (χ1n) is 5.08. The summed E-state index contributed by atoms with van der Waals surface area (Å²) in [7, 11) is -2.17. The van der Waals surface area contributed by atoms with Crippen molar-refractivity contribution in [2.75, 3.05) is 11.8 Å². The second-order valence-electron chi connectivity index (χ2n) is 3.41. The number of anilines is 1. The number of rotatable bonds is 5. The van der Waals surface area contributed by atoms with Crippen LogP contribution in [0.5, 0.6) is 5.75 Å². The Balaban J connectivity index is 2.94. The van der Waals surface area contributed by atoms with E-state index < -0.39 is 15.3 Å². The topological polar surface area (TPSA) is 79.2 Å². The maximum Gasteiger partial charge on any atom is 0.249 e. The first kappa shape index (κ1) is 13.3. The maximum atomic E-state index is 11.8. The van der Waals surface area contributed by atoms with Crippen LogP contribution in [0.1, 0.15) is 13.3 Å². The molecule has 5 nitrogen and oxygen atoms in total. The van der Waals surface area contributed by atoms with Crippen LogP contribution < -0.4 is 9.46 Å². The summed E-state index contributed by atoms with van der Waals surface area (Å²) in [6.07, 6.45) is 0.246. The molecule has 1 atom stereocenters. The Kier molecular flexibility index (Phi) is 4.35. The van der Waals surface area contributed by atoms with Gasteiger partial charge >= 0.3 is 0 Å². The number of hydrogen-bond acceptors (Lipinski definition) is 4. The lowest BCUT2D eigenvalue weighted by atomic mass is 10.3. The van der Waals surface area contributed by atoms with E-state index in [2.05, 4.69) is 4.72 Å². The molecule has 0 heterocycles. The normalized spacial score (nSPS) is 12.5. The van der Waals surface area contributed by atoms with Crippen LogP contribution in [0.25, 0.3) is 0 Å². The molecule has 17 heavy (non-hydrogen) atoms. The van der Waals surface area contributed by atoms with Gasteiger partial charge in [-0.25, -0.2) is 8.42 Å². The number of nitrogens with one attached hydrogen (secondary N) is 1. The van der Waals surface area contributed by atoms with Crippen LogP contribution in [0.15, 0.2) is 24.3 Å². The van der Waals surface area contributed by atoms with Crippen molar-refractivity contribution in [2.24, 2.45) is 0 Å². The van der Waals surface area contributed by atoms with Gasteiger partial charge in [0.2, 0.25) is 10.0 Å². The number of hydrogen-bond donors (Lipinski definition) is 1. The Morgan fingerprint density at radius 3 is 2.76 bits per heavy atom. The Hall–Kier alpha value is -1.74. The third-order valence-corrected chi connectivity index (χ3v) is 3.93. The SMILES string of the molecule is CCC(C#N)S(=O)(=O)Nc1cccc(OC)c1. The van der Waals surface area contributed by atoms with E-state index in [4.69, 9.17) is 10.00 Å². The van der Waals surface area contributed by atoms with Crippen LogP contribution in [0, 0.1) is 11.3 Å². The maximum absolute atomic E-state index is 11.8. The largest absolute Gasteiger partial charge is 0.497 e. The molecule has 0 spiro atoms. The molecular weight excluding hydrogens is 240 g/mol. The minimum Gasteiger partial charge on any atom is -0.497 e. The Morgan fingerprint density at radius 1 is 1.53 bits per heavy atom. The third-order valence-electron chi connectivity index (χ3n) is 2.22. The van der Waals surface area contributed by atoms with Gasteiger partial charge in [0.15, 0.2) is 5.25 Å². The van der Waals surface area contributed by atoms with E-state index in [1.165, 1.54) is 7.11 Å². The van der Waals surface area contributed by atoms with Crippen LogP contribution in [-0.4, -0.2) is 20.8 Å². The minimum absolute atomic E-state index is 0.246. The number of nitrogens with zero attached hydrogens (tertiary/aromatic N) is 1. The zero-order valence-electron chi connectivity index (χ0n) is 9.67. The zero-order chi connectivity index (χ0) is 12.9. The quantitative estimate of drug-likeness (QED) is 0.868. The molecule has 0 saturated heterocycles. The molecule has 1 rings (SSSR count). The molecule has 0 bridgehead atoms. The molecule has 6 heteroatoms. The fourth-order valence-electron chi connectivity index (χ4n) is 1.30. The van der Waals surface area contributed by atoms with E-state index in [1.54, 1.807) is 37.3 Å². The van der Waals surface area contributed by atoms with Gasteiger partial charge in [-0.2, -0.15) is 5.26 Å². The van der Waals surface area contributed by atoms with Crippen molar-refractivity contribution in [3.63, 3.8) is 0 Å². The molecule has 0 aromatic heterocycles. The summed E-state index contributed by atoms with van der Waals surface area (Å²) < 4.78 is 30.9. The first-order valence-corrected chi connectivity index (χ1v) is 6.63. The summed E-state index contributed by atoms with van der Waals surface area (Å²) in [5.74, 6) is 0.551. The molecule has 0 radical (unpaired) electrons. The monoisotopic (exact) mass is 254 g/mol. The third kappa shape index (κ3) is 3.36. The Bertz CT molecular complexity index is 520. The second-order valence-corrected chi connectivity index (χ2v) is 5.27. The Labute approximate surface area is 101 Å². The fourth-order valence-corrected chi connectivity index (χ4v) is 2.48. The lowest BCUT2D eigenvalue weighted by molar-refractivity contribution is 0.415.